The van der Waals surface area contributed by atoms with Crippen molar-refractivity contribution in [2.75, 3.05) is 20.2 Å². The van der Waals surface area contributed by atoms with Gasteiger partial charge in [-0.1, -0.05) is 29.8 Å². The number of benzene rings is 2. The largest absolute Gasteiger partial charge is 0.497 e. The summed E-state index contributed by atoms with van der Waals surface area (Å²) in [6.07, 6.45) is 0.916. The Balaban J connectivity index is 1.70. The average molecular weight is 360 g/mol. The van der Waals surface area contributed by atoms with Crippen LogP contribution in [0.2, 0.25) is 5.02 Å². The van der Waals surface area contributed by atoms with E-state index in [4.69, 9.17) is 16.3 Å². The summed E-state index contributed by atoms with van der Waals surface area (Å²) >= 11 is 5.93. The molecule has 2 aromatic carbocycles. The molecule has 2 aromatic rings. The average Bonchev–Trinajstić information content (AvgIpc) is 2.65. The highest BCUT2D eigenvalue weighted by molar-refractivity contribution is 6.30. The number of aliphatic hydroxyl groups is 1. The van der Waals surface area contributed by atoms with E-state index in [2.05, 4.69) is 0 Å². The predicted molar refractivity (Wildman–Crippen MR) is 98.2 cm³/mol. The molecule has 1 fully saturated rings. The second-order valence-corrected chi connectivity index (χ2v) is 6.87. The molecule has 4 nitrogen and oxygen atoms in total. The Morgan fingerprint density at radius 2 is 2.04 bits per heavy atom. The molecule has 5 heteroatoms. The summed E-state index contributed by atoms with van der Waals surface area (Å²) < 4.78 is 5.20. The summed E-state index contributed by atoms with van der Waals surface area (Å²) in [5, 5.41) is 11.1. The van der Waals surface area contributed by atoms with Crippen molar-refractivity contribution in [2.24, 2.45) is 5.92 Å². The number of hydrogen-bond acceptors (Lipinski definition) is 3. The number of piperidine rings is 1. The van der Waals surface area contributed by atoms with E-state index in [1.165, 1.54) is 0 Å². The van der Waals surface area contributed by atoms with Crippen LogP contribution in [-0.4, -0.2) is 42.2 Å². The zero-order valence-corrected chi connectivity index (χ0v) is 14.9. The number of hydrogen-bond donors (Lipinski definition) is 1. The zero-order chi connectivity index (χ0) is 17.8. The Kier molecular flexibility index (Phi) is 5.61. The highest BCUT2D eigenvalue weighted by atomic mass is 35.5. The van der Waals surface area contributed by atoms with Crippen LogP contribution in [0.3, 0.4) is 0 Å². The van der Waals surface area contributed by atoms with Crippen molar-refractivity contribution in [1.29, 1.82) is 0 Å². The first-order chi connectivity index (χ1) is 12.1. The number of carbonyl (C=O) groups excluding carboxylic acids is 1. The fraction of sp³-hybridized carbons (Fsp3) is 0.350. The molecular formula is C20H22ClNO3. The molecule has 25 heavy (non-hydrogen) atoms. The van der Waals surface area contributed by atoms with E-state index >= 15 is 0 Å². The smallest absolute Gasteiger partial charge is 0.254 e. The van der Waals surface area contributed by atoms with Crippen molar-refractivity contribution in [3.63, 3.8) is 0 Å². The Labute approximate surface area is 153 Å². The van der Waals surface area contributed by atoms with Gasteiger partial charge in [-0.3, -0.25) is 4.79 Å². The molecule has 0 saturated carbocycles. The number of methoxy groups -OCH3 is 1. The number of nitrogens with zero attached hydrogens (tertiary/aromatic N) is 1. The van der Waals surface area contributed by atoms with Crippen LogP contribution < -0.4 is 4.74 Å². The molecule has 0 bridgehead atoms. The van der Waals surface area contributed by atoms with Crippen LogP contribution in [-0.2, 0) is 6.42 Å². The fourth-order valence-electron chi connectivity index (χ4n) is 3.27. The first-order valence-electron chi connectivity index (χ1n) is 8.42. The molecule has 1 aliphatic rings. The monoisotopic (exact) mass is 359 g/mol. The lowest BCUT2D eigenvalue weighted by atomic mass is 9.88. The minimum Gasteiger partial charge on any atom is -0.497 e. The summed E-state index contributed by atoms with van der Waals surface area (Å²) in [4.78, 5) is 14.6. The van der Waals surface area contributed by atoms with E-state index in [0.717, 1.165) is 12.0 Å². The number of aliphatic hydroxyl groups excluding tert-OH is 1. The van der Waals surface area contributed by atoms with E-state index in [1.807, 2.05) is 41.3 Å². The van der Waals surface area contributed by atoms with Crippen LogP contribution in [0.25, 0.3) is 0 Å². The van der Waals surface area contributed by atoms with Crippen LogP contribution >= 0.6 is 11.6 Å². The SMILES string of the molecule is COc1cccc(C(=O)N2CC[C@@H](O)[C@H](Cc3ccc(Cl)cc3)C2)c1. The van der Waals surface area contributed by atoms with Gasteiger partial charge in [-0.05, 0) is 48.7 Å². The zero-order valence-electron chi connectivity index (χ0n) is 14.2. The molecule has 1 amide bonds. The Morgan fingerprint density at radius 1 is 1.28 bits per heavy atom. The number of halogens is 1. The molecular weight excluding hydrogens is 338 g/mol. The van der Waals surface area contributed by atoms with Crippen molar-refractivity contribution in [2.45, 2.75) is 18.9 Å². The topological polar surface area (TPSA) is 49.8 Å². The van der Waals surface area contributed by atoms with Gasteiger partial charge in [0.15, 0.2) is 0 Å². The second kappa shape index (κ2) is 7.89. The van der Waals surface area contributed by atoms with E-state index in [9.17, 15) is 9.90 Å². The van der Waals surface area contributed by atoms with Crippen molar-refractivity contribution in [3.05, 3.63) is 64.7 Å². The van der Waals surface area contributed by atoms with Crippen LogP contribution in [0.1, 0.15) is 22.3 Å². The van der Waals surface area contributed by atoms with Gasteiger partial charge in [-0.25, -0.2) is 0 Å². The van der Waals surface area contributed by atoms with E-state index in [1.54, 1.807) is 19.2 Å². The Bertz CT molecular complexity index is 732. The Hall–Kier alpha value is -2.04. The lowest BCUT2D eigenvalue weighted by molar-refractivity contribution is 0.0241. The van der Waals surface area contributed by atoms with Crippen molar-refractivity contribution >= 4 is 17.5 Å². The first kappa shape index (κ1) is 17.8. The number of carbonyl (C=O) groups is 1. The fourth-order valence-corrected chi connectivity index (χ4v) is 3.39. The summed E-state index contributed by atoms with van der Waals surface area (Å²) in [7, 11) is 1.59. The number of rotatable bonds is 4. The van der Waals surface area contributed by atoms with Gasteiger partial charge in [0.1, 0.15) is 5.75 Å². The molecule has 0 spiro atoms. The van der Waals surface area contributed by atoms with Gasteiger partial charge >= 0.3 is 0 Å². The normalized spacial score (nSPS) is 20.4. The molecule has 1 N–H and O–H groups in total. The molecule has 1 saturated heterocycles. The van der Waals surface area contributed by atoms with Crippen molar-refractivity contribution in [1.82, 2.24) is 4.90 Å². The Morgan fingerprint density at radius 3 is 2.76 bits per heavy atom. The third-order valence-corrected chi connectivity index (χ3v) is 4.96. The van der Waals surface area contributed by atoms with Gasteiger partial charge in [-0.2, -0.15) is 0 Å². The van der Waals surface area contributed by atoms with Crippen LogP contribution in [0.15, 0.2) is 48.5 Å². The van der Waals surface area contributed by atoms with E-state index in [0.29, 0.717) is 35.8 Å². The molecule has 132 valence electrons. The van der Waals surface area contributed by atoms with Crippen molar-refractivity contribution < 1.29 is 14.6 Å². The van der Waals surface area contributed by atoms with Crippen LogP contribution in [0.5, 0.6) is 5.75 Å². The molecule has 2 atom stereocenters. The first-order valence-corrected chi connectivity index (χ1v) is 8.80. The summed E-state index contributed by atoms with van der Waals surface area (Å²) in [6.45, 7) is 1.11. The molecule has 0 radical (unpaired) electrons. The maximum atomic E-state index is 12.8. The molecule has 0 unspecified atom stereocenters. The van der Waals surface area contributed by atoms with Gasteiger partial charge in [0, 0.05) is 29.6 Å². The van der Waals surface area contributed by atoms with E-state index < -0.39 is 6.10 Å². The number of likely N-dealkylation sites (tertiary alicyclic amines) is 1. The third kappa shape index (κ3) is 4.33. The van der Waals surface area contributed by atoms with Gasteiger partial charge < -0.3 is 14.7 Å². The molecule has 1 heterocycles. The maximum Gasteiger partial charge on any atom is 0.254 e. The summed E-state index contributed by atoms with van der Waals surface area (Å²) in [5.74, 6) is 0.664. The van der Waals surface area contributed by atoms with Crippen LogP contribution in [0.4, 0.5) is 0 Å². The standard InChI is InChI=1S/C20H22ClNO3/c1-25-18-4-2-3-15(12-18)20(24)22-10-9-19(23)16(13-22)11-14-5-7-17(21)8-6-14/h2-8,12,16,19,23H,9-11,13H2,1H3/t16-,19-/m1/s1. The molecule has 0 aromatic heterocycles. The predicted octanol–water partition coefficient (Wildman–Crippen LogP) is 3.41. The van der Waals surface area contributed by atoms with Gasteiger partial charge in [0.25, 0.3) is 5.91 Å². The minimum atomic E-state index is -0.398. The van der Waals surface area contributed by atoms with Gasteiger partial charge in [0.05, 0.1) is 13.2 Å². The second-order valence-electron chi connectivity index (χ2n) is 6.43. The third-order valence-electron chi connectivity index (χ3n) is 4.71. The lowest BCUT2D eigenvalue weighted by Gasteiger charge is -2.36. The maximum absolute atomic E-state index is 12.8. The van der Waals surface area contributed by atoms with Crippen LogP contribution in [0, 0.1) is 5.92 Å². The molecule has 0 aliphatic carbocycles. The lowest BCUT2D eigenvalue weighted by Crippen LogP contribution is -2.46. The number of amides is 1. The molecule has 3 rings (SSSR count). The highest BCUT2D eigenvalue weighted by Crippen LogP contribution is 2.24. The van der Waals surface area contributed by atoms with Gasteiger partial charge in [0.2, 0.25) is 0 Å². The quantitative estimate of drug-likeness (QED) is 0.910. The number of ether oxygens (including phenoxy) is 1. The summed E-state index contributed by atoms with van der Waals surface area (Å²) in [5.41, 5.74) is 1.73. The highest BCUT2D eigenvalue weighted by Gasteiger charge is 2.30. The van der Waals surface area contributed by atoms with Crippen molar-refractivity contribution in [3.8, 4) is 5.75 Å². The van der Waals surface area contributed by atoms with Gasteiger partial charge in [-0.15, -0.1) is 0 Å². The molecule has 1 aliphatic heterocycles. The summed E-state index contributed by atoms with van der Waals surface area (Å²) in [6, 6.07) is 14.8. The van der Waals surface area contributed by atoms with E-state index in [-0.39, 0.29) is 11.8 Å². The minimum absolute atomic E-state index is 0.0180.